The van der Waals surface area contributed by atoms with Crippen molar-refractivity contribution in [3.8, 4) is 0 Å². The van der Waals surface area contributed by atoms with Gasteiger partial charge in [0.15, 0.2) is 0 Å². The lowest BCUT2D eigenvalue weighted by molar-refractivity contribution is -0.141. The molecule has 0 radical (unpaired) electrons. The molecule has 3 amide bonds. The van der Waals surface area contributed by atoms with Crippen molar-refractivity contribution >= 4 is 48.9 Å². The topological polar surface area (TPSA) is 179 Å². The molecular formula is C18H30N6O5S2. The van der Waals surface area contributed by atoms with Gasteiger partial charge < -0.3 is 31.8 Å². The summed E-state index contributed by atoms with van der Waals surface area (Å²) in [4.78, 5) is 55.9. The van der Waals surface area contributed by atoms with Crippen molar-refractivity contribution in [2.45, 2.75) is 50.9 Å². The highest BCUT2D eigenvalue weighted by Gasteiger charge is 2.32. The molecule has 0 spiro atoms. The molecule has 0 aliphatic carbocycles. The standard InChI is InChI=1S/C18H30N6O5S2/c1-3-9(2)14(24-15(25)11(19)6-30)17(27)22-12(4-10-5-20-8-21-10)16(26)23-13(7-31)18(28)29/h5,8-9,11-14,30-31H,3-4,6-7,19H2,1-2H3,(H,20,21)(H,22,27)(H,23,26)(H,24,25)(H,28,29). The van der Waals surface area contributed by atoms with Gasteiger partial charge in [-0.15, -0.1) is 0 Å². The van der Waals surface area contributed by atoms with Crippen LogP contribution in [0.1, 0.15) is 26.0 Å². The van der Waals surface area contributed by atoms with Crippen LogP contribution in [-0.2, 0) is 25.6 Å². The lowest BCUT2D eigenvalue weighted by atomic mass is 9.97. The number of hydrogen-bond acceptors (Lipinski definition) is 8. The summed E-state index contributed by atoms with van der Waals surface area (Å²) in [5.74, 6) is -3.36. The van der Waals surface area contributed by atoms with Crippen LogP contribution in [0.5, 0.6) is 0 Å². The summed E-state index contributed by atoms with van der Waals surface area (Å²) in [5.41, 5.74) is 6.24. The highest BCUT2D eigenvalue weighted by molar-refractivity contribution is 7.80. The Morgan fingerprint density at radius 1 is 1.10 bits per heavy atom. The highest BCUT2D eigenvalue weighted by Crippen LogP contribution is 2.10. The van der Waals surface area contributed by atoms with Crippen molar-refractivity contribution < 1.29 is 24.3 Å². The molecule has 1 heterocycles. The Hall–Kier alpha value is -2.25. The first kappa shape index (κ1) is 26.8. The molecule has 1 rings (SSSR count). The molecule has 5 atom stereocenters. The highest BCUT2D eigenvalue weighted by atomic mass is 32.1. The molecule has 0 fully saturated rings. The fraction of sp³-hybridized carbons (Fsp3) is 0.611. The Balaban J connectivity index is 3.04. The van der Waals surface area contributed by atoms with Crippen LogP contribution in [0.4, 0.5) is 0 Å². The number of hydrogen-bond donors (Lipinski definition) is 8. The molecule has 0 saturated heterocycles. The van der Waals surface area contributed by atoms with Gasteiger partial charge in [0.05, 0.1) is 12.4 Å². The summed E-state index contributed by atoms with van der Waals surface area (Å²) in [6.07, 6.45) is 3.51. The van der Waals surface area contributed by atoms with Gasteiger partial charge in [-0.1, -0.05) is 20.3 Å². The molecule has 0 bridgehead atoms. The number of rotatable bonds is 13. The van der Waals surface area contributed by atoms with Gasteiger partial charge in [-0.05, 0) is 5.92 Å². The van der Waals surface area contributed by atoms with Crippen LogP contribution in [0, 0.1) is 5.92 Å². The second kappa shape index (κ2) is 13.2. The zero-order chi connectivity index (χ0) is 23.6. The number of nitrogens with two attached hydrogens (primary N) is 1. The fourth-order valence-electron chi connectivity index (χ4n) is 2.59. The molecule has 31 heavy (non-hydrogen) atoms. The smallest absolute Gasteiger partial charge is 0.327 e. The number of aliphatic carboxylic acids is 1. The molecule has 0 aliphatic heterocycles. The van der Waals surface area contributed by atoms with E-state index in [0.29, 0.717) is 12.1 Å². The number of aromatic amines is 1. The second-order valence-corrected chi connectivity index (χ2v) is 7.82. The van der Waals surface area contributed by atoms with Gasteiger partial charge in [0.2, 0.25) is 17.7 Å². The van der Waals surface area contributed by atoms with Crippen LogP contribution >= 0.6 is 25.3 Å². The van der Waals surface area contributed by atoms with E-state index in [1.807, 2.05) is 6.92 Å². The van der Waals surface area contributed by atoms with E-state index in [0.717, 1.165) is 0 Å². The molecule has 7 N–H and O–H groups in total. The minimum absolute atomic E-state index is 0.0355. The Morgan fingerprint density at radius 2 is 1.74 bits per heavy atom. The van der Waals surface area contributed by atoms with E-state index >= 15 is 0 Å². The normalized spacial score (nSPS) is 15.8. The summed E-state index contributed by atoms with van der Waals surface area (Å²) < 4.78 is 0. The summed E-state index contributed by atoms with van der Waals surface area (Å²) in [5, 5.41) is 16.7. The van der Waals surface area contributed by atoms with Gasteiger partial charge >= 0.3 is 5.97 Å². The largest absolute Gasteiger partial charge is 0.480 e. The number of thiol groups is 2. The van der Waals surface area contributed by atoms with Crippen molar-refractivity contribution in [3.63, 3.8) is 0 Å². The molecule has 5 unspecified atom stereocenters. The van der Waals surface area contributed by atoms with Crippen LogP contribution in [-0.4, -0.2) is 74.4 Å². The SMILES string of the molecule is CCC(C)C(NC(=O)C(N)CS)C(=O)NC(Cc1cnc[nH]1)C(=O)NC(CS)C(=O)O. The average molecular weight is 475 g/mol. The number of nitrogens with zero attached hydrogens (tertiary/aromatic N) is 1. The van der Waals surface area contributed by atoms with Crippen LogP contribution in [0.25, 0.3) is 0 Å². The Labute approximate surface area is 191 Å². The number of carbonyl (C=O) groups excluding carboxylic acids is 3. The van der Waals surface area contributed by atoms with E-state index < -0.39 is 47.9 Å². The molecule has 0 aromatic carbocycles. The summed E-state index contributed by atoms with van der Waals surface area (Å²) in [6.45, 7) is 3.64. The number of imidazole rings is 1. The minimum Gasteiger partial charge on any atom is -0.480 e. The number of aromatic nitrogens is 2. The van der Waals surface area contributed by atoms with Crippen LogP contribution in [0.15, 0.2) is 12.5 Å². The molecule has 1 aromatic rings. The maximum absolute atomic E-state index is 13.0. The summed E-state index contributed by atoms with van der Waals surface area (Å²) in [7, 11) is 0. The first-order valence-corrected chi connectivity index (χ1v) is 11.0. The van der Waals surface area contributed by atoms with Gasteiger partial charge in [-0.2, -0.15) is 25.3 Å². The molecule has 174 valence electrons. The molecule has 11 nitrogen and oxygen atoms in total. The fourth-order valence-corrected chi connectivity index (χ4v) is 3.00. The lowest BCUT2D eigenvalue weighted by Crippen LogP contribution is -2.59. The first-order chi connectivity index (χ1) is 14.6. The van der Waals surface area contributed by atoms with Crippen LogP contribution in [0.2, 0.25) is 0 Å². The minimum atomic E-state index is -1.25. The number of carboxylic acids is 1. The third kappa shape index (κ3) is 8.42. The molecule has 0 saturated carbocycles. The van der Waals surface area contributed by atoms with Crippen LogP contribution in [0.3, 0.4) is 0 Å². The zero-order valence-electron chi connectivity index (χ0n) is 17.4. The number of carboxylic acid groups (broad SMARTS) is 1. The Kier molecular flexibility index (Phi) is 11.4. The maximum atomic E-state index is 13.0. The third-order valence-corrected chi connectivity index (χ3v) is 5.49. The monoisotopic (exact) mass is 474 g/mol. The van der Waals surface area contributed by atoms with E-state index in [1.54, 1.807) is 6.92 Å². The lowest BCUT2D eigenvalue weighted by Gasteiger charge is -2.27. The van der Waals surface area contributed by atoms with E-state index in [-0.39, 0.29) is 23.8 Å². The van der Waals surface area contributed by atoms with Gasteiger partial charge in [0.1, 0.15) is 18.1 Å². The second-order valence-electron chi connectivity index (χ2n) is 7.08. The van der Waals surface area contributed by atoms with Gasteiger partial charge in [-0.3, -0.25) is 14.4 Å². The third-order valence-electron chi connectivity index (χ3n) is 4.74. The molecule has 13 heteroatoms. The summed E-state index contributed by atoms with van der Waals surface area (Å²) in [6, 6.07) is -4.17. The number of nitrogens with one attached hydrogen (secondary N) is 4. The number of H-pyrrole nitrogens is 1. The maximum Gasteiger partial charge on any atom is 0.327 e. The zero-order valence-corrected chi connectivity index (χ0v) is 19.2. The van der Waals surface area contributed by atoms with Gasteiger partial charge in [-0.25, -0.2) is 9.78 Å². The van der Waals surface area contributed by atoms with Crippen molar-refractivity contribution in [2.75, 3.05) is 11.5 Å². The van der Waals surface area contributed by atoms with E-state index in [4.69, 9.17) is 5.73 Å². The number of carbonyl (C=O) groups is 4. The first-order valence-electron chi connectivity index (χ1n) is 9.72. The van der Waals surface area contributed by atoms with Gasteiger partial charge in [0, 0.05) is 29.8 Å². The Morgan fingerprint density at radius 3 is 2.23 bits per heavy atom. The van der Waals surface area contributed by atoms with E-state index in [1.165, 1.54) is 12.5 Å². The number of amides is 3. The molecular weight excluding hydrogens is 444 g/mol. The quantitative estimate of drug-likeness (QED) is 0.164. The van der Waals surface area contributed by atoms with Crippen molar-refractivity contribution in [2.24, 2.45) is 11.7 Å². The Bertz CT molecular complexity index is 748. The predicted octanol–water partition coefficient (Wildman–Crippen LogP) is -1.28. The van der Waals surface area contributed by atoms with Crippen molar-refractivity contribution in [1.82, 2.24) is 25.9 Å². The summed E-state index contributed by atoms with van der Waals surface area (Å²) >= 11 is 7.92. The van der Waals surface area contributed by atoms with E-state index in [2.05, 4.69) is 51.2 Å². The van der Waals surface area contributed by atoms with Crippen molar-refractivity contribution in [3.05, 3.63) is 18.2 Å². The average Bonchev–Trinajstić information content (AvgIpc) is 3.26. The van der Waals surface area contributed by atoms with Crippen LogP contribution < -0.4 is 21.7 Å². The van der Waals surface area contributed by atoms with E-state index in [9.17, 15) is 24.3 Å². The molecule has 1 aromatic heterocycles. The molecule has 0 aliphatic rings. The predicted molar refractivity (Wildman–Crippen MR) is 121 cm³/mol. The van der Waals surface area contributed by atoms with Crippen molar-refractivity contribution in [1.29, 1.82) is 0 Å². The van der Waals surface area contributed by atoms with Gasteiger partial charge in [0.25, 0.3) is 0 Å².